The third-order valence-electron chi connectivity index (χ3n) is 2.67. The third kappa shape index (κ3) is 1.21. The molecule has 68 valence electrons. The minimum atomic E-state index is -1.19. The van der Waals surface area contributed by atoms with Crippen LogP contribution in [0.1, 0.15) is 32.1 Å². The molecule has 2 rings (SSSR count). The van der Waals surface area contributed by atoms with E-state index in [1.54, 1.807) is 0 Å². The van der Waals surface area contributed by atoms with Crippen LogP contribution in [0, 0.1) is 5.92 Å². The van der Waals surface area contributed by atoms with Gasteiger partial charge < -0.3 is 5.11 Å². The van der Waals surface area contributed by atoms with Crippen molar-refractivity contribution >= 4 is 5.97 Å². The molecule has 1 N–H and O–H groups in total. The van der Waals surface area contributed by atoms with Crippen molar-refractivity contribution in [1.82, 2.24) is 0 Å². The summed E-state index contributed by atoms with van der Waals surface area (Å²) < 4.78 is 0. The van der Waals surface area contributed by atoms with Crippen molar-refractivity contribution in [3.63, 3.8) is 0 Å². The van der Waals surface area contributed by atoms with Crippen LogP contribution < -0.4 is 0 Å². The molecule has 4 nitrogen and oxygen atoms in total. The lowest BCUT2D eigenvalue weighted by Crippen LogP contribution is -2.48. The lowest BCUT2D eigenvalue weighted by Gasteiger charge is -2.39. The van der Waals surface area contributed by atoms with Crippen molar-refractivity contribution in [2.75, 3.05) is 0 Å². The molecular weight excluding hydrogens is 160 g/mol. The van der Waals surface area contributed by atoms with Gasteiger partial charge >= 0.3 is 5.97 Å². The fraction of sp³-hybridized carbons (Fsp3) is 0.875. The summed E-state index contributed by atoms with van der Waals surface area (Å²) in [6.45, 7) is 0. The van der Waals surface area contributed by atoms with Crippen LogP contribution in [-0.2, 0) is 14.6 Å². The monoisotopic (exact) mass is 172 g/mol. The SMILES string of the molecule is O=C1C[C@H]2CCCC[C@@]2(O)OO1. The highest BCUT2D eigenvalue weighted by atomic mass is 17.2. The lowest BCUT2D eigenvalue weighted by molar-refractivity contribution is -0.431. The van der Waals surface area contributed by atoms with Crippen molar-refractivity contribution in [2.45, 2.75) is 37.9 Å². The molecule has 1 heterocycles. The molecule has 0 aromatic rings. The largest absolute Gasteiger partial charge is 0.362 e. The first kappa shape index (κ1) is 8.01. The van der Waals surface area contributed by atoms with Gasteiger partial charge in [-0.05, 0) is 12.8 Å². The molecule has 1 aliphatic carbocycles. The highest BCUT2D eigenvalue weighted by molar-refractivity contribution is 5.69. The van der Waals surface area contributed by atoms with Crippen LogP contribution in [-0.4, -0.2) is 16.9 Å². The molecule has 1 aliphatic heterocycles. The maximum atomic E-state index is 10.8. The summed E-state index contributed by atoms with van der Waals surface area (Å²) in [4.78, 5) is 19.9. The summed E-state index contributed by atoms with van der Waals surface area (Å²) in [7, 11) is 0. The second kappa shape index (κ2) is 2.71. The van der Waals surface area contributed by atoms with Crippen LogP contribution in [0.3, 0.4) is 0 Å². The van der Waals surface area contributed by atoms with Crippen LogP contribution in [0.4, 0.5) is 0 Å². The molecule has 0 aromatic carbocycles. The predicted octanol–water partition coefficient (Wildman–Crippen LogP) is 0.744. The molecule has 1 saturated carbocycles. The summed E-state index contributed by atoms with van der Waals surface area (Å²) in [6.07, 6.45) is 3.71. The van der Waals surface area contributed by atoms with Gasteiger partial charge in [-0.3, -0.25) is 4.89 Å². The quantitative estimate of drug-likeness (QED) is 0.547. The van der Waals surface area contributed by atoms with Gasteiger partial charge in [0.15, 0.2) is 0 Å². The van der Waals surface area contributed by atoms with Gasteiger partial charge in [-0.25, -0.2) is 4.79 Å². The third-order valence-corrected chi connectivity index (χ3v) is 2.67. The highest BCUT2D eigenvalue weighted by Gasteiger charge is 2.46. The van der Waals surface area contributed by atoms with E-state index in [1.165, 1.54) is 0 Å². The molecule has 0 aromatic heterocycles. The second-order valence-electron chi connectivity index (χ2n) is 3.53. The van der Waals surface area contributed by atoms with Gasteiger partial charge in [-0.15, -0.1) is 4.89 Å². The van der Waals surface area contributed by atoms with Gasteiger partial charge in [0.1, 0.15) is 0 Å². The minimum absolute atomic E-state index is 0.0625. The molecule has 12 heavy (non-hydrogen) atoms. The van der Waals surface area contributed by atoms with Crippen molar-refractivity contribution in [3.8, 4) is 0 Å². The number of aliphatic hydroxyl groups is 1. The first-order chi connectivity index (χ1) is 5.71. The molecule has 4 heteroatoms. The number of rotatable bonds is 0. The van der Waals surface area contributed by atoms with E-state index < -0.39 is 5.79 Å². The Balaban J connectivity index is 2.11. The fourth-order valence-electron chi connectivity index (χ4n) is 1.92. The molecule has 0 spiro atoms. The average Bonchev–Trinajstić information content (AvgIpc) is 2.06. The van der Waals surface area contributed by atoms with Crippen LogP contribution >= 0.6 is 0 Å². The van der Waals surface area contributed by atoms with Gasteiger partial charge in [0, 0.05) is 12.3 Å². The Bertz CT molecular complexity index is 203. The summed E-state index contributed by atoms with van der Waals surface area (Å²) in [5, 5.41) is 9.81. The molecule has 0 radical (unpaired) electrons. The zero-order valence-electron chi connectivity index (χ0n) is 6.78. The molecule has 0 amide bonds. The van der Waals surface area contributed by atoms with Gasteiger partial charge in [0.05, 0.1) is 6.42 Å². The number of carbonyl (C=O) groups is 1. The van der Waals surface area contributed by atoms with E-state index in [4.69, 9.17) is 0 Å². The minimum Gasteiger partial charge on any atom is -0.362 e. The topological polar surface area (TPSA) is 55.8 Å². The Morgan fingerprint density at radius 1 is 1.50 bits per heavy atom. The number of fused-ring (bicyclic) bond motifs is 1. The molecule has 2 aliphatic rings. The number of hydrogen-bond acceptors (Lipinski definition) is 4. The van der Waals surface area contributed by atoms with E-state index in [-0.39, 0.29) is 18.3 Å². The van der Waals surface area contributed by atoms with Gasteiger partial charge in [0.25, 0.3) is 0 Å². The second-order valence-corrected chi connectivity index (χ2v) is 3.53. The summed E-state index contributed by atoms with van der Waals surface area (Å²) in [6, 6.07) is 0. The Labute approximate surface area is 70.4 Å². The maximum Gasteiger partial charge on any atom is 0.343 e. The van der Waals surface area contributed by atoms with E-state index in [2.05, 4.69) is 9.78 Å². The van der Waals surface area contributed by atoms with E-state index in [0.29, 0.717) is 6.42 Å². The van der Waals surface area contributed by atoms with Crippen molar-refractivity contribution < 1.29 is 19.7 Å². The fourth-order valence-corrected chi connectivity index (χ4v) is 1.92. The summed E-state index contributed by atoms with van der Waals surface area (Å²) in [5.41, 5.74) is 0. The standard InChI is InChI=1S/C8H12O4/c9-7-5-6-3-1-2-4-8(6,10)12-11-7/h6,10H,1-5H2/t6-,8-/m1/s1. The lowest BCUT2D eigenvalue weighted by atomic mass is 9.81. The van der Waals surface area contributed by atoms with Crippen LogP contribution in [0.25, 0.3) is 0 Å². The molecule has 1 saturated heterocycles. The Morgan fingerprint density at radius 2 is 2.33 bits per heavy atom. The van der Waals surface area contributed by atoms with E-state index >= 15 is 0 Å². The number of carbonyl (C=O) groups excluding carboxylic acids is 1. The molecule has 0 bridgehead atoms. The Hall–Kier alpha value is -0.610. The molecule has 2 fully saturated rings. The van der Waals surface area contributed by atoms with Crippen LogP contribution in [0.15, 0.2) is 0 Å². The zero-order valence-corrected chi connectivity index (χ0v) is 6.78. The van der Waals surface area contributed by atoms with Gasteiger partial charge in [-0.2, -0.15) is 0 Å². The van der Waals surface area contributed by atoms with Crippen molar-refractivity contribution in [2.24, 2.45) is 5.92 Å². The Kier molecular flexibility index (Phi) is 1.81. The molecule has 0 unspecified atom stereocenters. The molecular formula is C8H12O4. The van der Waals surface area contributed by atoms with Crippen LogP contribution in [0.5, 0.6) is 0 Å². The van der Waals surface area contributed by atoms with Crippen molar-refractivity contribution in [3.05, 3.63) is 0 Å². The van der Waals surface area contributed by atoms with Crippen molar-refractivity contribution in [1.29, 1.82) is 0 Å². The van der Waals surface area contributed by atoms with E-state index in [0.717, 1.165) is 19.3 Å². The predicted molar refractivity (Wildman–Crippen MR) is 38.7 cm³/mol. The van der Waals surface area contributed by atoms with Gasteiger partial charge in [-0.1, -0.05) is 6.42 Å². The Morgan fingerprint density at radius 3 is 3.17 bits per heavy atom. The average molecular weight is 172 g/mol. The normalized spacial score (nSPS) is 41.8. The smallest absolute Gasteiger partial charge is 0.343 e. The first-order valence-electron chi connectivity index (χ1n) is 4.31. The van der Waals surface area contributed by atoms with Crippen LogP contribution in [0.2, 0.25) is 0 Å². The zero-order chi connectivity index (χ0) is 8.60. The number of hydrogen-bond donors (Lipinski definition) is 1. The highest BCUT2D eigenvalue weighted by Crippen LogP contribution is 2.39. The maximum absolute atomic E-state index is 10.8. The van der Waals surface area contributed by atoms with E-state index in [1.807, 2.05) is 0 Å². The summed E-state index contributed by atoms with van der Waals surface area (Å²) in [5.74, 6) is -1.62. The molecule has 2 atom stereocenters. The first-order valence-corrected chi connectivity index (χ1v) is 4.31. The summed E-state index contributed by atoms with van der Waals surface area (Å²) >= 11 is 0. The van der Waals surface area contributed by atoms with E-state index in [9.17, 15) is 9.90 Å². The van der Waals surface area contributed by atoms with Gasteiger partial charge in [0.2, 0.25) is 5.79 Å².